The molecule has 0 aromatic rings. The molecule has 1 N–H and O–H groups in total. The Balaban J connectivity index is 1.95. The molecule has 1 aliphatic rings. The first kappa shape index (κ1) is 11.0. The van der Waals surface area contributed by atoms with Crippen LogP contribution in [0.2, 0.25) is 0 Å². The SMILES string of the molecule is CCOCCCC1CCC1CNC. The second-order valence-corrected chi connectivity index (χ2v) is 3.99. The van der Waals surface area contributed by atoms with E-state index in [4.69, 9.17) is 4.74 Å². The van der Waals surface area contributed by atoms with Gasteiger partial charge in [-0.05, 0) is 58.0 Å². The highest BCUT2D eigenvalue weighted by Gasteiger charge is 2.29. The molecule has 0 heterocycles. The first-order valence-electron chi connectivity index (χ1n) is 5.60. The lowest BCUT2D eigenvalue weighted by molar-refractivity contribution is 0.113. The molecule has 2 atom stereocenters. The molecule has 78 valence electrons. The first-order valence-corrected chi connectivity index (χ1v) is 5.60. The Morgan fingerprint density at radius 2 is 2.08 bits per heavy atom. The van der Waals surface area contributed by atoms with Gasteiger partial charge in [0.15, 0.2) is 0 Å². The van der Waals surface area contributed by atoms with Crippen molar-refractivity contribution in [2.24, 2.45) is 11.8 Å². The summed E-state index contributed by atoms with van der Waals surface area (Å²) in [5.41, 5.74) is 0. The molecule has 0 aromatic heterocycles. The Hall–Kier alpha value is -0.0800. The van der Waals surface area contributed by atoms with E-state index < -0.39 is 0 Å². The second kappa shape index (κ2) is 6.39. The normalized spacial score (nSPS) is 27.2. The summed E-state index contributed by atoms with van der Waals surface area (Å²) in [7, 11) is 2.05. The van der Waals surface area contributed by atoms with Crippen LogP contribution in [0, 0.1) is 11.8 Å². The van der Waals surface area contributed by atoms with Gasteiger partial charge in [-0.3, -0.25) is 0 Å². The summed E-state index contributed by atoms with van der Waals surface area (Å²) in [5, 5.41) is 3.27. The summed E-state index contributed by atoms with van der Waals surface area (Å²) in [5.74, 6) is 1.93. The fourth-order valence-electron chi connectivity index (χ4n) is 2.14. The average molecular weight is 185 g/mol. The van der Waals surface area contributed by atoms with Gasteiger partial charge in [0.05, 0.1) is 0 Å². The van der Waals surface area contributed by atoms with Gasteiger partial charge in [0.2, 0.25) is 0 Å². The minimum absolute atomic E-state index is 0.866. The minimum Gasteiger partial charge on any atom is -0.382 e. The largest absolute Gasteiger partial charge is 0.382 e. The molecule has 2 unspecified atom stereocenters. The third kappa shape index (κ3) is 3.65. The third-order valence-corrected chi connectivity index (χ3v) is 3.11. The van der Waals surface area contributed by atoms with Gasteiger partial charge < -0.3 is 10.1 Å². The second-order valence-electron chi connectivity index (χ2n) is 3.99. The van der Waals surface area contributed by atoms with Crippen LogP contribution in [0.4, 0.5) is 0 Å². The lowest BCUT2D eigenvalue weighted by atomic mass is 9.71. The van der Waals surface area contributed by atoms with Crippen LogP contribution >= 0.6 is 0 Å². The third-order valence-electron chi connectivity index (χ3n) is 3.11. The van der Waals surface area contributed by atoms with Gasteiger partial charge in [0.1, 0.15) is 0 Å². The zero-order valence-electron chi connectivity index (χ0n) is 9.01. The van der Waals surface area contributed by atoms with E-state index in [9.17, 15) is 0 Å². The molecule has 0 saturated heterocycles. The van der Waals surface area contributed by atoms with Crippen LogP contribution in [0.15, 0.2) is 0 Å². The van der Waals surface area contributed by atoms with Gasteiger partial charge in [-0.15, -0.1) is 0 Å². The maximum atomic E-state index is 5.33. The zero-order valence-corrected chi connectivity index (χ0v) is 9.01. The molecule has 13 heavy (non-hydrogen) atoms. The molecule has 1 aliphatic carbocycles. The molecule has 1 rings (SSSR count). The first-order chi connectivity index (χ1) is 6.38. The smallest absolute Gasteiger partial charge is 0.0465 e. The molecular weight excluding hydrogens is 162 g/mol. The lowest BCUT2D eigenvalue weighted by Gasteiger charge is -2.36. The van der Waals surface area contributed by atoms with Crippen molar-refractivity contribution in [3.05, 3.63) is 0 Å². The summed E-state index contributed by atoms with van der Waals surface area (Å²) >= 11 is 0. The summed E-state index contributed by atoms with van der Waals surface area (Å²) in [6.07, 6.45) is 5.49. The van der Waals surface area contributed by atoms with Crippen LogP contribution in [-0.2, 0) is 4.74 Å². The molecule has 2 nitrogen and oxygen atoms in total. The van der Waals surface area contributed by atoms with Crippen LogP contribution in [-0.4, -0.2) is 26.8 Å². The molecule has 0 spiro atoms. The highest BCUT2D eigenvalue weighted by atomic mass is 16.5. The number of rotatable bonds is 7. The quantitative estimate of drug-likeness (QED) is 0.613. The Morgan fingerprint density at radius 3 is 2.62 bits per heavy atom. The maximum Gasteiger partial charge on any atom is 0.0465 e. The monoisotopic (exact) mass is 185 g/mol. The van der Waals surface area contributed by atoms with E-state index in [0.29, 0.717) is 0 Å². The Morgan fingerprint density at radius 1 is 1.31 bits per heavy atom. The predicted molar refractivity (Wildman–Crippen MR) is 55.9 cm³/mol. The Bertz CT molecular complexity index is 127. The van der Waals surface area contributed by atoms with Gasteiger partial charge in [-0.25, -0.2) is 0 Å². The Kier molecular flexibility index (Phi) is 5.40. The zero-order chi connectivity index (χ0) is 9.52. The van der Waals surface area contributed by atoms with Gasteiger partial charge in [-0.2, -0.15) is 0 Å². The summed E-state index contributed by atoms with van der Waals surface area (Å²) in [6.45, 7) is 5.09. The van der Waals surface area contributed by atoms with Gasteiger partial charge in [0.25, 0.3) is 0 Å². The van der Waals surface area contributed by atoms with Crippen molar-refractivity contribution < 1.29 is 4.74 Å². The highest BCUT2D eigenvalue weighted by molar-refractivity contribution is 4.81. The van der Waals surface area contributed by atoms with E-state index in [1.54, 1.807) is 0 Å². The predicted octanol–water partition coefficient (Wildman–Crippen LogP) is 2.05. The van der Waals surface area contributed by atoms with E-state index in [1.807, 2.05) is 0 Å². The number of hydrogen-bond acceptors (Lipinski definition) is 2. The summed E-state index contributed by atoms with van der Waals surface area (Å²) in [4.78, 5) is 0. The van der Waals surface area contributed by atoms with Gasteiger partial charge in [0, 0.05) is 13.2 Å². The van der Waals surface area contributed by atoms with E-state index in [2.05, 4.69) is 19.3 Å². The van der Waals surface area contributed by atoms with Crippen LogP contribution in [0.3, 0.4) is 0 Å². The molecule has 1 saturated carbocycles. The number of hydrogen-bond donors (Lipinski definition) is 1. The fourth-order valence-corrected chi connectivity index (χ4v) is 2.14. The van der Waals surface area contributed by atoms with Crippen LogP contribution in [0.25, 0.3) is 0 Å². The summed E-state index contributed by atoms with van der Waals surface area (Å²) < 4.78 is 5.33. The molecule has 0 aliphatic heterocycles. The maximum absolute atomic E-state index is 5.33. The van der Waals surface area contributed by atoms with Gasteiger partial charge in [-0.1, -0.05) is 0 Å². The highest BCUT2D eigenvalue weighted by Crippen LogP contribution is 2.36. The minimum atomic E-state index is 0.866. The van der Waals surface area contributed by atoms with Crippen LogP contribution in [0.1, 0.15) is 32.6 Å². The molecule has 0 radical (unpaired) electrons. The van der Waals surface area contributed by atoms with Crippen LogP contribution < -0.4 is 5.32 Å². The van der Waals surface area contributed by atoms with Crippen molar-refractivity contribution in [2.75, 3.05) is 26.8 Å². The van der Waals surface area contributed by atoms with Gasteiger partial charge >= 0.3 is 0 Å². The van der Waals surface area contributed by atoms with Crippen molar-refractivity contribution in [3.8, 4) is 0 Å². The molecule has 0 aromatic carbocycles. The molecular formula is C11H23NO. The van der Waals surface area contributed by atoms with Crippen molar-refractivity contribution in [2.45, 2.75) is 32.6 Å². The number of ether oxygens (including phenoxy) is 1. The van der Waals surface area contributed by atoms with Crippen molar-refractivity contribution in [1.29, 1.82) is 0 Å². The van der Waals surface area contributed by atoms with E-state index in [1.165, 1.54) is 32.2 Å². The molecule has 0 bridgehead atoms. The number of nitrogens with one attached hydrogen (secondary N) is 1. The fraction of sp³-hybridized carbons (Fsp3) is 1.00. The average Bonchev–Trinajstić information content (AvgIpc) is 2.12. The lowest BCUT2D eigenvalue weighted by Crippen LogP contribution is -2.33. The van der Waals surface area contributed by atoms with E-state index >= 15 is 0 Å². The van der Waals surface area contributed by atoms with E-state index in [-0.39, 0.29) is 0 Å². The summed E-state index contributed by atoms with van der Waals surface area (Å²) in [6, 6.07) is 0. The van der Waals surface area contributed by atoms with E-state index in [0.717, 1.165) is 25.0 Å². The Labute approximate surface area is 82.0 Å². The topological polar surface area (TPSA) is 21.3 Å². The standard InChI is InChI=1S/C11H23NO/c1-3-13-8-4-5-10-6-7-11(10)9-12-2/h10-12H,3-9H2,1-2H3. The van der Waals surface area contributed by atoms with Crippen molar-refractivity contribution in [3.63, 3.8) is 0 Å². The molecule has 1 fully saturated rings. The molecule has 0 amide bonds. The van der Waals surface area contributed by atoms with Crippen molar-refractivity contribution in [1.82, 2.24) is 5.32 Å². The molecule has 2 heteroatoms. The van der Waals surface area contributed by atoms with Crippen LogP contribution in [0.5, 0.6) is 0 Å². The van der Waals surface area contributed by atoms with Crippen molar-refractivity contribution >= 4 is 0 Å².